The summed E-state index contributed by atoms with van der Waals surface area (Å²) in [5.74, 6) is 0.334. The van der Waals surface area contributed by atoms with Crippen molar-refractivity contribution in [2.45, 2.75) is 20.0 Å². The van der Waals surface area contributed by atoms with Crippen LogP contribution in [0.2, 0.25) is 10.0 Å². The Balaban J connectivity index is 1.91. The van der Waals surface area contributed by atoms with E-state index in [1.165, 1.54) is 0 Å². The van der Waals surface area contributed by atoms with Crippen LogP contribution in [0.15, 0.2) is 40.4 Å². The molecule has 1 fully saturated rings. The molecule has 1 N–H and O–H groups in total. The Morgan fingerprint density at radius 1 is 1.18 bits per heavy atom. The van der Waals surface area contributed by atoms with Gasteiger partial charge >= 0.3 is 0 Å². The van der Waals surface area contributed by atoms with E-state index in [4.69, 9.17) is 32.7 Å². The van der Waals surface area contributed by atoms with Crippen LogP contribution in [0.3, 0.4) is 0 Å². The molecule has 2 aromatic carbocycles. The first kappa shape index (κ1) is 20.7. The third-order valence-electron chi connectivity index (χ3n) is 3.96. The van der Waals surface area contributed by atoms with E-state index < -0.39 is 0 Å². The first-order chi connectivity index (χ1) is 13.4. The maximum absolute atomic E-state index is 11.8. The minimum absolute atomic E-state index is 0.0558. The highest BCUT2D eigenvalue weighted by Gasteiger charge is 2.24. The van der Waals surface area contributed by atoms with Gasteiger partial charge in [0.15, 0.2) is 11.5 Å². The molecular formula is C20H16BrCl2NO4. The van der Waals surface area contributed by atoms with Gasteiger partial charge in [-0.2, -0.15) is 0 Å². The Kier molecular flexibility index (Phi) is 6.65. The molecule has 0 aliphatic carbocycles. The van der Waals surface area contributed by atoms with Crippen LogP contribution in [0, 0.1) is 0 Å². The fourth-order valence-electron chi connectivity index (χ4n) is 2.68. The van der Waals surface area contributed by atoms with E-state index in [1.54, 1.807) is 36.4 Å². The smallest absolute Gasteiger partial charge is 0.254 e. The summed E-state index contributed by atoms with van der Waals surface area (Å²) in [7, 11) is 0. The van der Waals surface area contributed by atoms with Crippen molar-refractivity contribution in [2.75, 3.05) is 6.61 Å². The third-order valence-corrected chi connectivity index (χ3v) is 5.13. The van der Waals surface area contributed by atoms with Crippen LogP contribution in [-0.2, 0) is 16.2 Å². The number of carbonyl (C=O) groups excluding carboxylic acids is 2. The van der Waals surface area contributed by atoms with Gasteiger partial charge in [0.1, 0.15) is 6.61 Å². The predicted molar refractivity (Wildman–Crippen MR) is 112 cm³/mol. The molecule has 0 atom stereocenters. The van der Waals surface area contributed by atoms with Gasteiger partial charge in [-0.25, -0.2) is 0 Å². The Morgan fingerprint density at radius 3 is 2.61 bits per heavy atom. The molecule has 0 unspecified atom stereocenters. The first-order valence-corrected chi connectivity index (χ1v) is 10.00. The predicted octanol–water partition coefficient (Wildman–Crippen LogP) is 5.16. The van der Waals surface area contributed by atoms with Gasteiger partial charge in [-0.05, 0) is 58.8 Å². The Hall–Kier alpha value is -2.02. The Labute approximate surface area is 180 Å². The second-order valence-electron chi connectivity index (χ2n) is 6.01. The zero-order valence-corrected chi connectivity index (χ0v) is 18.0. The van der Waals surface area contributed by atoms with Crippen LogP contribution in [0.25, 0.3) is 6.08 Å². The summed E-state index contributed by atoms with van der Waals surface area (Å²) < 4.78 is 12.3. The van der Waals surface area contributed by atoms with E-state index in [0.717, 1.165) is 5.56 Å². The molecule has 5 nitrogen and oxygen atoms in total. The van der Waals surface area contributed by atoms with Gasteiger partial charge in [-0.1, -0.05) is 29.3 Å². The molecule has 0 radical (unpaired) electrons. The van der Waals surface area contributed by atoms with Gasteiger partial charge in [-0.3, -0.25) is 14.9 Å². The number of nitrogens with one attached hydrogen (secondary N) is 1. The van der Waals surface area contributed by atoms with Crippen LogP contribution in [0.1, 0.15) is 24.5 Å². The minimum atomic E-state index is -0.384. The highest BCUT2D eigenvalue weighted by Crippen LogP contribution is 2.38. The van der Waals surface area contributed by atoms with Gasteiger partial charge in [0.2, 0.25) is 5.91 Å². The molecule has 1 saturated heterocycles. The molecule has 1 heterocycles. The fourth-order valence-corrected chi connectivity index (χ4v) is 3.72. The van der Waals surface area contributed by atoms with Crippen LogP contribution in [0.5, 0.6) is 11.5 Å². The number of hydrogen-bond donors (Lipinski definition) is 1. The molecule has 1 aliphatic heterocycles. The molecule has 3 rings (SSSR count). The van der Waals surface area contributed by atoms with Crippen LogP contribution in [-0.4, -0.2) is 18.4 Å². The highest BCUT2D eigenvalue weighted by atomic mass is 79.9. The van der Waals surface area contributed by atoms with Crippen molar-refractivity contribution in [1.29, 1.82) is 0 Å². The number of carbonyl (C=O) groups is 2. The summed E-state index contributed by atoms with van der Waals surface area (Å²) >= 11 is 15.6. The topological polar surface area (TPSA) is 64.6 Å². The SMILES string of the molecule is CCOc1c(Br)cc(C=C2CC(=O)NC2=O)cc1OCc1ccc(Cl)cc1Cl. The molecule has 0 spiro atoms. The zero-order valence-electron chi connectivity index (χ0n) is 14.9. The summed E-state index contributed by atoms with van der Waals surface area (Å²) in [6, 6.07) is 8.74. The first-order valence-electron chi connectivity index (χ1n) is 8.45. The average Bonchev–Trinajstić information content (AvgIpc) is 2.94. The molecule has 2 amide bonds. The number of rotatable bonds is 6. The van der Waals surface area contributed by atoms with Gasteiger partial charge in [0.25, 0.3) is 5.91 Å². The lowest BCUT2D eigenvalue weighted by Crippen LogP contribution is -2.19. The van der Waals surface area contributed by atoms with Gasteiger partial charge in [0, 0.05) is 21.2 Å². The lowest BCUT2D eigenvalue weighted by Gasteiger charge is -2.15. The maximum atomic E-state index is 11.8. The number of benzene rings is 2. The molecule has 146 valence electrons. The summed E-state index contributed by atoms with van der Waals surface area (Å²) in [6.07, 6.45) is 1.71. The molecule has 0 bridgehead atoms. The largest absolute Gasteiger partial charge is 0.489 e. The maximum Gasteiger partial charge on any atom is 0.254 e. The van der Waals surface area contributed by atoms with Crippen LogP contribution < -0.4 is 14.8 Å². The molecule has 1 aliphatic rings. The number of amides is 2. The van der Waals surface area contributed by atoms with E-state index in [9.17, 15) is 9.59 Å². The second-order valence-corrected chi connectivity index (χ2v) is 7.71. The monoisotopic (exact) mass is 483 g/mol. The quantitative estimate of drug-likeness (QED) is 0.454. The summed E-state index contributed by atoms with van der Waals surface area (Å²) in [4.78, 5) is 23.2. The number of imide groups is 1. The molecule has 8 heteroatoms. The minimum Gasteiger partial charge on any atom is -0.489 e. The number of hydrogen-bond acceptors (Lipinski definition) is 4. The standard InChI is InChI=1S/C20H16BrCl2NO4/c1-2-27-19-15(21)6-11(5-13-8-18(25)24-20(13)26)7-17(19)28-10-12-3-4-14(22)9-16(12)23/h3-7,9H,2,8,10H2,1H3,(H,24,25,26). The van der Waals surface area contributed by atoms with E-state index in [0.29, 0.717) is 43.8 Å². The van der Waals surface area contributed by atoms with Gasteiger partial charge in [0.05, 0.1) is 17.5 Å². The van der Waals surface area contributed by atoms with Crippen molar-refractivity contribution in [3.05, 3.63) is 61.5 Å². The van der Waals surface area contributed by atoms with Crippen molar-refractivity contribution in [1.82, 2.24) is 5.32 Å². The number of halogens is 3. The van der Waals surface area contributed by atoms with E-state index in [-0.39, 0.29) is 24.8 Å². The lowest BCUT2D eigenvalue weighted by atomic mass is 10.1. The molecule has 0 aromatic heterocycles. The van der Waals surface area contributed by atoms with E-state index in [2.05, 4.69) is 21.2 Å². The Bertz CT molecular complexity index is 975. The van der Waals surface area contributed by atoms with E-state index in [1.807, 2.05) is 6.92 Å². The van der Waals surface area contributed by atoms with Crippen molar-refractivity contribution in [3.8, 4) is 11.5 Å². The highest BCUT2D eigenvalue weighted by molar-refractivity contribution is 9.10. The molecule has 28 heavy (non-hydrogen) atoms. The van der Waals surface area contributed by atoms with Crippen molar-refractivity contribution < 1.29 is 19.1 Å². The fraction of sp³-hybridized carbons (Fsp3) is 0.200. The van der Waals surface area contributed by atoms with Crippen LogP contribution >= 0.6 is 39.1 Å². The Morgan fingerprint density at radius 2 is 1.96 bits per heavy atom. The van der Waals surface area contributed by atoms with Crippen molar-refractivity contribution in [2.24, 2.45) is 0 Å². The van der Waals surface area contributed by atoms with Crippen molar-refractivity contribution >= 4 is 57.0 Å². The molecular weight excluding hydrogens is 469 g/mol. The summed E-state index contributed by atoms with van der Waals surface area (Å²) in [6.45, 7) is 2.53. The van der Waals surface area contributed by atoms with E-state index >= 15 is 0 Å². The van der Waals surface area contributed by atoms with Gasteiger partial charge < -0.3 is 9.47 Å². The zero-order chi connectivity index (χ0) is 20.3. The summed E-state index contributed by atoms with van der Waals surface area (Å²) in [5, 5.41) is 3.32. The van der Waals surface area contributed by atoms with Crippen LogP contribution in [0.4, 0.5) is 0 Å². The third kappa shape index (κ3) is 4.87. The normalized spacial score (nSPS) is 15.1. The lowest BCUT2D eigenvalue weighted by molar-refractivity contribution is -0.124. The molecule has 2 aromatic rings. The van der Waals surface area contributed by atoms with Crippen molar-refractivity contribution in [3.63, 3.8) is 0 Å². The summed E-state index contributed by atoms with van der Waals surface area (Å²) in [5.41, 5.74) is 1.87. The number of ether oxygens (including phenoxy) is 2. The second kappa shape index (κ2) is 8.99. The average molecular weight is 485 g/mol. The molecule has 0 saturated carbocycles. The van der Waals surface area contributed by atoms with Gasteiger partial charge in [-0.15, -0.1) is 0 Å².